The summed E-state index contributed by atoms with van der Waals surface area (Å²) in [5, 5.41) is 15.2. The van der Waals surface area contributed by atoms with Gasteiger partial charge in [-0.15, -0.1) is 0 Å². The van der Waals surface area contributed by atoms with Crippen molar-refractivity contribution in [1.82, 2.24) is 10.4 Å². The van der Waals surface area contributed by atoms with E-state index in [9.17, 15) is 9.90 Å². The lowest BCUT2D eigenvalue weighted by molar-refractivity contribution is 0.0955. The van der Waals surface area contributed by atoms with Crippen molar-refractivity contribution in [2.24, 2.45) is 5.10 Å². The summed E-state index contributed by atoms with van der Waals surface area (Å²) in [5.74, 6) is -0.478. The van der Waals surface area contributed by atoms with Gasteiger partial charge in [0.05, 0.1) is 11.2 Å². The number of nitrogens with zero attached hydrogens (tertiary/aromatic N) is 2. The van der Waals surface area contributed by atoms with Crippen molar-refractivity contribution >= 4 is 46.2 Å². The Labute approximate surface area is 147 Å². The van der Waals surface area contributed by atoms with E-state index < -0.39 is 0 Å². The molecule has 0 atom stereocenters. The lowest BCUT2D eigenvalue weighted by Crippen LogP contribution is -2.17. The van der Waals surface area contributed by atoms with Crippen molar-refractivity contribution in [3.05, 3.63) is 69.8 Å². The van der Waals surface area contributed by atoms with Crippen LogP contribution in [0.15, 0.2) is 53.8 Å². The van der Waals surface area contributed by atoms with E-state index in [0.29, 0.717) is 27.1 Å². The third-order valence-corrected chi connectivity index (χ3v) is 3.83. The van der Waals surface area contributed by atoms with Crippen LogP contribution in [0.2, 0.25) is 10.0 Å². The molecule has 0 fully saturated rings. The Kier molecular flexibility index (Phi) is 4.64. The smallest absolute Gasteiger partial charge is 0.271 e. The minimum absolute atomic E-state index is 0.0904. The standard InChI is InChI=1S/C17H11Cl2N3O2/c18-12-4-1-3-10(7-12)17(24)22-21-9-11-8-14(19)16(23)15-13(11)5-2-6-20-15/h1-9,23H,(H,22,24)/b21-9-. The summed E-state index contributed by atoms with van der Waals surface area (Å²) in [6.07, 6.45) is 3.00. The SMILES string of the molecule is O=C(N/N=C\c1cc(Cl)c(O)c2ncccc12)c1cccc(Cl)c1. The molecule has 5 nitrogen and oxygen atoms in total. The summed E-state index contributed by atoms with van der Waals surface area (Å²) >= 11 is 11.8. The molecule has 0 aliphatic heterocycles. The van der Waals surface area contributed by atoms with Crippen LogP contribution in [0, 0.1) is 0 Å². The van der Waals surface area contributed by atoms with Crippen LogP contribution in [0.4, 0.5) is 0 Å². The van der Waals surface area contributed by atoms with Gasteiger partial charge in [-0.2, -0.15) is 5.10 Å². The van der Waals surface area contributed by atoms with Gasteiger partial charge in [0.2, 0.25) is 0 Å². The normalized spacial score (nSPS) is 11.1. The number of amides is 1. The summed E-state index contributed by atoms with van der Waals surface area (Å²) in [6.45, 7) is 0. The first-order chi connectivity index (χ1) is 11.6. The number of hydrogen-bond acceptors (Lipinski definition) is 4. The highest BCUT2D eigenvalue weighted by atomic mass is 35.5. The van der Waals surface area contributed by atoms with Crippen LogP contribution in [-0.4, -0.2) is 22.2 Å². The quantitative estimate of drug-likeness (QED) is 0.547. The number of hydrogen-bond donors (Lipinski definition) is 2. The minimum Gasteiger partial charge on any atom is -0.504 e. The number of carbonyl (C=O) groups excluding carboxylic acids is 1. The number of hydrazone groups is 1. The van der Waals surface area contributed by atoms with Gasteiger partial charge in [-0.05, 0) is 30.3 Å². The van der Waals surface area contributed by atoms with E-state index >= 15 is 0 Å². The molecule has 0 unspecified atom stereocenters. The van der Waals surface area contributed by atoms with Gasteiger partial charge >= 0.3 is 0 Å². The Morgan fingerprint density at radius 3 is 2.83 bits per heavy atom. The summed E-state index contributed by atoms with van der Waals surface area (Å²) in [4.78, 5) is 16.1. The Balaban J connectivity index is 1.86. The van der Waals surface area contributed by atoms with E-state index in [1.807, 2.05) is 0 Å². The molecule has 24 heavy (non-hydrogen) atoms. The van der Waals surface area contributed by atoms with Crippen LogP contribution in [0.1, 0.15) is 15.9 Å². The molecular formula is C17H11Cl2N3O2. The van der Waals surface area contributed by atoms with E-state index in [4.69, 9.17) is 23.2 Å². The van der Waals surface area contributed by atoms with Crippen LogP contribution < -0.4 is 5.43 Å². The average molecular weight is 360 g/mol. The van der Waals surface area contributed by atoms with Crippen molar-refractivity contribution in [2.75, 3.05) is 0 Å². The van der Waals surface area contributed by atoms with Gasteiger partial charge in [-0.25, -0.2) is 5.43 Å². The number of rotatable bonds is 3. The number of fused-ring (bicyclic) bond motifs is 1. The van der Waals surface area contributed by atoms with Gasteiger partial charge < -0.3 is 5.11 Å². The molecule has 1 aromatic heterocycles. The molecule has 1 amide bonds. The zero-order valence-corrected chi connectivity index (χ0v) is 13.7. The van der Waals surface area contributed by atoms with Gasteiger partial charge in [0.1, 0.15) is 5.52 Å². The van der Waals surface area contributed by atoms with Crippen molar-refractivity contribution in [1.29, 1.82) is 0 Å². The van der Waals surface area contributed by atoms with Crippen LogP contribution >= 0.6 is 23.2 Å². The Morgan fingerprint density at radius 1 is 1.21 bits per heavy atom. The first-order valence-corrected chi connectivity index (χ1v) is 7.67. The molecule has 0 aliphatic carbocycles. The third kappa shape index (κ3) is 3.32. The van der Waals surface area contributed by atoms with E-state index in [1.165, 1.54) is 6.21 Å². The maximum Gasteiger partial charge on any atom is 0.271 e. The second kappa shape index (κ2) is 6.86. The number of aromatic hydroxyl groups is 1. The number of nitrogens with one attached hydrogen (secondary N) is 1. The second-order valence-corrected chi connectivity index (χ2v) is 5.75. The maximum absolute atomic E-state index is 12.0. The maximum atomic E-state index is 12.0. The van der Waals surface area contributed by atoms with Gasteiger partial charge in [0.15, 0.2) is 5.75 Å². The van der Waals surface area contributed by atoms with Gasteiger partial charge in [-0.1, -0.05) is 35.3 Å². The van der Waals surface area contributed by atoms with Crippen LogP contribution in [0.3, 0.4) is 0 Å². The van der Waals surface area contributed by atoms with E-state index in [0.717, 1.165) is 0 Å². The second-order valence-electron chi connectivity index (χ2n) is 4.91. The number of phenolic OH excluding ortho intramolecular Hbond substituents is 1. The third-order valence-electron chi connectivity index (χ3n) is 3.31. The summed E-state index contributed by atoms with van der Waals surface area (Å²) in [6, 6.07) is 11.6. The summed E-state index contributed by atoms with van der Waals surface area (Å²) in [7, 11) is 0. The molecule has 0 radical (unpaired) electrons. The molecule has 0 saturated heterocycles. The Hall–Kier alpha value is -2.63. The molecule has 0 aliphatic rings. The number of halogens is 2. The van der Waals surface area contributed by atoms with Crippen molar-refractivity contribution in [3.8, 4) is 5.75 Å². The summed E-state index contributed by atoms with van der Waals surface area (Å²) < 4.78 is 0. The molecule has 120 valence electrons. The molecule has 0 saturated carbocycles. The number of pyridine rings is 1. The number of phenols is 1. The molecule has 3 aromatic rings. The molecule has 0 bridgehead atoms. The lowest BCUT2D eigenvalue weighted by Gasteiger charge is -2.06. The molecular weight excluding hydrogens is 349 g/mol. The summed E-state index contributed by atoms with van der Waals surface area (Å²) in [5.41, 5.74) is 3.80. The van der Waals surface area contributed by atoms with E-state index in [-0.39, 0.29) is 16.7 Å². The lowest BCUT2D eigenvalue weighted by atomic mass is 10.1. The van der Waals surface area contributed by atoms with Crippen molar-refractivity contribution in [3.63, 3.8) is 0 Å². The predicted molar refractivity (Wildman–Crippen MR) is 94.9 cm³/mol. The fraction of sp³-hybridized carbons (Fsp3) is 0. The van der Waals surface area contributed by atoms with Gasteiger partial charge in [0, 0.05) is 27.7 Å². The highest BCUT2D eigenvalue weighted by Gasteiger charge is 2.10. The monoisotopic (exact) mass is 359 g/mol. The highest BCUT2D eigenvalue weighted by Crippen LogP contribution is 2.32. The van der Waals surface area contributed by atoms with Crippen molar-refractivity contribution < 1.29 is 9.90 Å². The van der Waals surface area contributed by atoms with Gasteiger partial charge in [-0.3, -0.25) is 9.78 Å². The first kappa shape index (κ1) is 16.2. The van der Waals surface area contributed by atoms with E-state index in [1.54, 1.807) is 48.7 Å². The molecule has 3 rings (SSSR count). The molecule has 2 aromatic carbocycles. The number of benzene rings is 2. The number of aromatic nitrogens is 1. The largest absolute Gasteiger partial charge is 0.504 e. The fourth-order valence-corrected chi connectivity index (χ4v) is 2.58. The molecule has 2 N–H and O–H groups in total. The average Bonchev–Trinajstić information content (AvgIpc) is 2.59. The van der Waals surface area contributed by atoms with Gasteiger partial charge in [0.25, 0.3) is 5.91 Å². The zero-order chi connectivity index (χ0) is 17.1. The highest BCUT2D eigenvalue weighted by molar-refractivity contribution is 6.33. The van der Waals surface area contributed by atoms with Crippen LogP contribution in [-0.2, 0) is 0 Å². The topological polar surface area (TPSA) is 74.6 Å². The molecule has 0 spiro atoms. The van der Waals surface area contributed by atoms with Crippen LogP contribution in [0.25, 0.3) is 10.9 Å². The van der Waals surface area contributed by atoms with Crippen LogP contribution in [0.5, 0.6) is 5.75 Å². The molecule has 7 heteroatoms. The Bertz CT molecular complexity index is 958. The minimum atomic E-state index is -0.388. The van der Waals surface area contributed by atoms with E-state index in [2.05, 4.69) is 15.5 Å². The first-order valence-electron chi connectivity index (χ1n) is 6.91. The zero-order valence-electron chi connectivity index (χ0n) is 12.2. The number of carbonyl (C=O) groups is 1. The fourth-order valence-electron chi connectivity index (χ4n) is 2.18. The van der Waals surface area contributed by atoms with Crippen molar-refractivity contribution in [2.45, 2.75) is 0 Å². The Morgan fingerprint density at radius 2 is 2.04 bits per heavy atom. The molecule has 1 heterocycles. The predicted octanol–water partition coefficient (Wildman–Crippen LogP) is 4.01.